The van der Waals surface area contributed by atoms with Gasteiger partial charge in [-0.25, -0.2) is 4.39 Å². The number of hydrogen-bond donors (Lipinski definition) is 1. The number of nitrogen functional groups attached to an aromatic ring is 1. The zero-order valence-electron chi connectivity index (χ0n) is 11.5. The van der Waals surface area contributed by atoms with E-state index in [1.54, 1.807) is 17.8 Å². The van der Waals surface area contributed by atoms with Gasteiger partial charge in [0.15, 0.2) is 11.5 Å². The fraction of sp³-hybridized carbons (Fsp3) is 0.250. The minimum absolute atomic E-state index is 0.308. The third-order valence-electron chi connectivity index (χ3n) is 3.22. The van der Waals surface area contributed by atoms with Crippen molar-refractivity contribution in [1.82, 2.24) is 0 Å². The molecule has 3 rings (SSSR count). The Labute approximate surface area is 127 Å². The molecular weight excluding hydrogens is 289 g/mol. The molecule has 0 bridgehead atoms. The number of nitrogens with two attached hydrogens (primary N) is 1. The summed E-state index contributed by atoms with van der Waals surface area (Å²) in [4.78, 5) is 1.07. The van der Waals surface area contributed by atoms with Crippen LogP contribution in [0.4, 0.5) is 10.1 Å². The first-order chi connectivity index (χ1) is 10.2. The highest BCUT2D eigenvalue weighted by molar-refractivity contribution is 7.98. The molecule has 2 aromatic rings. The van der Waals surface area contributed by atoms with E-state index in [0.717, 1.165) is 28.4 Å². The number of anilines is 1. The Balaban J connectivity index is 1.72. The lowest BCUT2D eigenvalue weighted by Crippen LogP contribution is -1.97. The molecule has 0 radical (unpaired) electrons. The summed E-state index contributed by atoms with van der Waals surface area (Å²) in [7, 11) is 0. The van der Waals surface area contributed by atoms with Crippen LogP contribution >= 0.6 is 11.8 Å². The first kappa shape index (κ1) is 14.1. The second-order valence-corrected chi connectivity index (χ2v) is 5.84. The summed E-state index contributed by atoms with van der Waals surface area (Å²) < 4.78 is 24.3. The lowest BCUT2D eigenvalue weighted by molar-refractivity contribution is 0.297. The van der Waals surface area contributed by atoms with Crippen molar-refractivity contribution < 1.29 is 13.9 Å². The van der Waals surface area contributed by atoms with Crippen LogP contribution in [0.2, 0.25) is 0 Å². The largest absolute Gasteiger partial charge is 0.490 e. The summed E-state index contributed by atoms with van der Waals surface area (Å²) in [5.41, 5.74) is 7.23. The molecule has 21 heavy (non-hydrogen) atoms. The molecule has 0 fully saturated rings. The quantitative estimate of drug-likeness (QED) is 0.691. The molecule has 0 aliphatic carbocycles. The summed E-state index contributed by atoms with van der Waals surface area (Å²) >= 11 is 1.64. The Bertz CT molecular complexity index is 648. The number of fused-ring (bicyclic) bond motifs is 1. The van der Waals surface area contributed by atoms with Gasteiger partial charge in [-0.2, -0.15) is 0 Å². The first-order valence-corrected chi connectivity index (χ1v) is 7.77. The average molecular weight is 305 g/mol. The van der Waals surface area contributed by atoms with Crippen LogP contribution in [0.5, 0.6) is 11.5 Å². The van der Waals surface area contributed by atoms with Crippen molar-refractivity contribution in [2.75, 3.05) is 18.9 Å². The van der Waals surface area contributed by atoms with Crippen LogP contribution in [0, 0.1) is 5.82 Å². The minimum atomic E-state index is -0.308. The van der Waals surface area contributed by atoms with E-state index in [2.05, 4.69) is 0 Å². The minimum Gasteiger partial charge on any atom is -0.490 e. The molecule has 2 N–H and O–H groups in total. The zero-order chi connectivity index (χ0) is 14.7. The van der Waals surface area contributed by atoms with Crippen LogP contribution in [0.25, 0.3) is 0 Å². The molecule has 3 nitrogen and oxygen atoms in total. The van der Waals surface area contributed by atoms with Gasteiger partial charge >= 0.3 is 0 Å². The molecule has 0 unspecified atom stereocenters. The Kier molecular flexibility index (Phi) is 4.20. The van der Waals surface area contributed by atoms with E-state index in [-0.39, 0.29) is 5.82 Å². The van der Waals surface area contributed by atoms with Crippen molar-refractivity contribution in [3.8, 4) is 11.5 Å². The highest BCUT2D eigenvalue weighted by atomic mass is 32.2. The Morgan fingerprint density at radius 1 is 1.05 bits per heavy atom. The van der Waals surface area contributed by atoms with Gasteiger partial charge in [-0.3, -0.25) is 0 Å². The molecule has 1 heterocycles. The van der Waals surface area contributed by atoms with Crippen LogP contribution in [0.1, 0.15) is 12.0 Å². The van der Waals surface area contributed by atoms with Crippen molar-refractivity contribution >= 4 is 17.4 Å². The predicted molar refractivity (Wildman–Crippen MR) is 82.4 cm³/mol. The molecule has 110 valence electrons. The SMILES string of the molecule is Nc1cc(F)ccc1CSc1ccc2c(c1)OCCCO2. The molecule has 0 atom stereocenters. The third kappa shape index (κ3) is 3.42. The van der Waals surface area contributed by atoms with Crippen LogP contribution < -0.4 is 15.2 Å². The number of ether oxygens (including phenoxy) is 2. The number of thioether (sulfide) groups is 1. The van der Waals surface area contributed by atoms with Crippen molar-refractivity contribution in [3.63, 3.8) is 0 Å². The van der Waals surface area contributed by atoms with Crippen LogP contribution in [-0.4, -0.2) is 13.2 Å². The summed E-state index contributed by atoms with van der Waals surface area (Å²) in [5, 5.41) is 0. The highest BCUT2D eigenvalue weighted by Gasteiger charge is 2.11. The van der Waals surface area contributed by atoms with Gasteiger partial charge < -0.3 is 15.2 Å². The lowest BCUT2D eigenvalue weighted by Gasteiger charge is -2.10. The van der Waals surface area contributed by atoms with Crippen molar-refractivity contribution in [2.24, 2.45) is 0 Å². The van der Waals surface area contributed by atoms with Gasteiger partial charge in [-0.05, 0) is 35.9 Å². The lowest BCUT2D eigenvalue weighted by atomic mass is 10.2. The smallest absolute Gasteiger partial charge is 0.162 e. The maximum atomic E-state index is 13.0. The van der Waals surface area contributed by atoms with E-state index in [1.165, 1.54) is 12.1 Å². The van der Waals surface area contributed by atoms with Crippen LogP contribution in [-0.2, 0) is 5.75 Å². The van der Waals surface area contributed by atoms with Crippen LogP contribution in [0.15, 0.2) is 41.3 Å². The monoisotopic (exact) mass is 305 g/mol. The van der Waals surface area contributed by atoms with Gasteiger partial charge in [0.1, 0.15) is 5.82 Å². The molecule has 0 spiro atoms. The van der Waals surface area contributed by atoms with Gasteiger partial charge in [0.25, 0.3) is 0 Å². The molecule has 0 amide bonds. The predicted octanol–water partition coefficient (Wildman–Crippen LogP) is 3.86. The van der Waals surface area contributed by atoms with Gasteiger partial charge in [-0.15, -0.1) is 11.8 Å². The number of halogens is 1. The van der Waals surface area contributed by atoms with Crippen LogP contribution in [0.3, 0.4) is 0 Å². The Morgan fingerprint density at radius 2 is 1.86 bits per heavy atom. The van der Waals surface area contributed by atoms with E-state index in [9.17, 15) is 4.39 Å². The van der Waals surface area contributed by atoms with Crippen molar-refractivity contribution in [3.05, 3.63) is 47.8 Å². The third-order valence-corrected chi connectivity index (χ3v) is 4.26. The molecule has 0 aromatic heterocycles. The molecule has 0 saturated heterocycles. The van der Waals surface area contributed by atoms with E-state index in [0.29, 0.717) is 24.7 Å². The second-order valence-electron chi connectivity index (χ2n) is 4.79. The topological polar surface area (TPSA) is 44.5 Å². The standard InChI is InChI=1S/C16H16FNO2S/c17-12-3-2-11(14(18)8-12)10-21-13-4-5-15-16(9-13)20-7-1-6-19-15/h2-5,8-9H,1,6-7,10,18H2. The Hall–Kier alpha value is -1.88. The molecule has 2 aromatic carbocycles. The number of hydrogen-bond acceptors (Lipinski definition) is 4. The van der Waals surface area contributed by atoms with Gasteiger partial charge in [0, 0.05) is 22.8 Å². The summed E-state index contributed by atoms with van der Waals surface area (Å²) in [5.74, 6) is 1.95. The van der Waals surface area contributed by atoms with Gasteiger partial charge in [-0.1, -0.05) is 6.07 Å². The van der Waals surface area contributed by atoms with Gasteiger partial charge in [0.05, 0.1) is 13.2 Å². The Morgan fingerprint density at radius 3 is 2.67 bits per heavy atom. The molecule has 1 aliphatic rings. The highest BCUT2D eigenvalue weighted by Crippen LogP contribution is 2.35. The fourth-order valence-electron chi connectivity index (χ4n) is 2.09. The number of benzene rings is 2. The normalized spacial score (nSPS) is 13.8. The molecule has 1 aliphatic heterocycles. The molecule has 5 heteroatoms. The zero-order valence-corrected chi connectivity index (χ0v) is 12.3. The maximum absolute atomic E-state index is 13.0. The summed E-state index contributed by atoms with van der Waals surface area (Å²) in [6.07, 6.45) is 0.892. The average Bonchev–Trinajstić information content (AvgIpc) is 2.71. The molecular formula is C16H16FNO2S. The van der Waals surface area contributed by atoms with E-state index >= 15 is 0 Å². The summed E-state index contributed by atoms with van der Waals surface area (Å²) in [6.45, 7) is 1.36. The number of rotatable bonds is 3. The fourth-order valence-corrected chi connectivity index (χ4v) is 3.03. The van der Waals surface area contributed by atoms with E-state index in [4.69, 9.17) is 15.2 Å². The molecule has 0 saturated carbocycles. The first-order valence-electron chi connectivity index (χ1n) is 6.79. The second kappa shape index (κ2) is 6.26. The van der Waals surface area contributed by atoms with Gasteiger partial charge in [0.2, 0.25) is 0 Å². The van der Waals surface area contributed by atoms with Crippen molar-refractivity contribution in [2.45, 2.75) is 17.1 Å². The summed E-state index contributed by atoms with van der Waals surface area (Å²) in [6, 6.07) is 10.4. The van der Waals surface area contributed by atoms with Crippen molar-refractivity contribution in [1.29, 1.82) is 0 Å². The maximum Gasteiger partial charge on any atom is 0.162 e. The van der Waals surface area contributed by atoms with E-state index < -0.39 is 0 Å². The van der Waals surface area contributed by atoms with E-state index in [1.807, 2.05) is 18.2 Å².